The van der Waals surface area contributed by atoms with Crippen LogP contribution in [0.25, 0.3) is 0 Å². The minimum absolute atomic E-state index is 0. The van der Waals surface area contributed by atoms with Gasteiger partial charge < -0.3 is 4.90 Å². The average molecular weight is 238 g/mol. The second kappa shape index (κ2) is 4.38. The van der Waals surface area contributed by atoms with Crippen LogP contribution in [0, 0.1) is 5.92 Å². The number of benzene rings is 1. The van der Waals surface area contributed by atoms with Crippen molar-refractivity contribution in [1.29, 1.82) is 0 Å². The zero-order valence-corrected chi connectivity index (χ0v) is 10.8. The zero-order chi connectivity index (χ0) is 10.4. The van der Waals surface area contributed by atoms with E-state index in [2.05, 4.69) is 43.3 Å². The lowest BCUT2D eigenvalue weighted by Gasteiger charge is -2.26. The van der Waals surface area contributed by atoms with E-state index in [-0.39, 0.29) is 12.4 Å². The van der Waals surface area contributed by atoms with E-state index >= 15 is 0 Å². The quantitative estimate of drug-likeness (QED) is 0.763. The van der Waals surface area contributed by atoms with Gasteiger partial charge in [-0.15, -0.1) is 12.4 Å². The molecule has 1 aromatic rings. The lowest BCUT2D eigenvalue weighted by molar-refractivity contribution is 0.304. The maximum atomic E-state index is 2.35. The van der Waals surface area contributed by atoms with Gasteiger partial charge in [-0.1, -0.05) is 24.3 Å². The van der Waals surface area contributed by atoms with E-state index in [9.17, 15) is 0 Å². The van der Waals surface area contributed by atoms with E-state index in [1.54, 1.807) is 11.1 Å². The largest absolute Gasteiger partial charge is 0.309 e. The fourth-order valence-electron chi connectivity index (χ4n) is 3.65. The van der Waals surface area contributed by atoms with Crippen LogP contribution in [0.1, 0.15) is 35.8 Å². The monoisotopic (exact) mass is 237 g/mol. The molecule has 0 radical (unpaired) electrons. The molecule has 0 amide bonds. The lowest BCUT2D eigenvalue weighted by Crippen LogP contribution is -2.25. The van der Waals surface area contributed by atoms with Crippen molar-refractivity contribution in [3.8, 4) is 0 Å². The van der Waals surface area contributed by atoms with E-state index in [4.69, 9.17) is 0 Å². The molecule has 0 heterocycles. The third kappa shape index (κ3) is 1.76. The van der Waals surface area contributed by atoms with Gasteiger partial charge in [-0.3, -0.25) is 0 Å². The van der Waals surface area contributed by atoms with Gasteiger partial charge in [0.25, 0.3) is 0 Å². The first-order valence-corrected chi connectivity index (χ1v) is 5.99. The molecule has 0 aromatic heterocycles. The van der Waals surface area contributed by atoms with Gasteiger partial charge in [-0.25, -0.2) is 0 Å². The minimum atomic E-state index is 0. The van der Waals surface area contributed by atoms with Crippen molar-refractivity contribution in [3.63, 3.8) is 0 Å². The first-order valence-electron chi connectivity index (χ1n) is 5.99. The molecule has 3 atom stereocenters. The highest BCUT2D eigenvalue weighted by atomic mass is 35.5. The summed E-state index contributed by atoms with van der Waals surface area (Å²) >= 11 is 0. The fraction of sp³-hybridized carbons (Fsp3) is 0.571. The van der Waals surface area contributed by atoms with Crippen molar-refractivity contribution in [3.05, 3.63) is 35.4 Å². The van der Waals surface area contributed by atoms with Crippen LogP contribution in [0.15, 0.2) is 24.3 Å². The molecular weight excluding hydrogens is 218 g/mol. The van der Waals surface area contributed by atoms with Crippen molar-refractivity contribution in [1.82, 2.24) is 4.90 Å². The van der Waals surface area contributed by atoms with E-state index < -0.39 is 0 Å². The Kier molecular flexibility index (Phi) is 3.27. The Bertz CT molecular complexity index is 375. The van der Waals surface area contributed by atoms with Crippen LogP contribution in [0.4, 0.5) is 0 Å². The van der Waals surface area contributed by atoms with Gasteiger partial charge in [-0.2, -0.15) is 0 Å². The minimum Gasteiger partial charge on any atom is -0.309 e. The molecule has 0 aliphatic heterocycles. The Hall–Kier alpha value is -0.530. The van der Waals surface area contributed by atoms with Crippen LogP contribution in [-0.2, 0) is 0 Å². The molecule has 1 fully saturated rings. The Labute approximate surface area is 104 Å². The third-order valence-electron chi connectivity index (χ3n) is 4.13. The molecule has 0 saturated heterocycles. The molecule has 2 aliphatic carbocycles. The second-order valence-electron chi connectivity index (χ2n) is 5.43. The van der Waals surface area contributed by atoms with Crippen LogP contribution in [0.2, 0.25) is 0 Å². The predicted molar refractivity (Wildman–Crippen MR) is 70.5 cm³/mol. The zero-order valence-electron chi connectivity index (χ0n) is 10.0. The van der Waals surface area contributed by atoms with Crippen LogP contribution < -0.4 is 0 Å². The Morgan fingerprint density at radius 1 is 1.12 bits per heavy atom. The molecule has 0 N–H and O–H groups in total. The Morgan fingerprint density at radius 3 is 2.50 bits per heavy atom. The van der Waals surface area contributed by atoms with Gasteiger partial charge in [0.15, 0.2) is 0 Å². The number of hydrogen-bond donors (Lipinski definition) is 0. The first-order chi connectivity index (χ1) is 7.25. The van der Waals surface area contributed by atoms with E-state index in [0.717, 1.165) is 17.8 Å². The number of hydrogen-bond acceptors (Lipinski definition) is 1. The number of fused-ring (bicyclic) bond motifs is 5. The van der Waals surface area contributed by atoms with Gasteiger partial charge in [0, 0.05) is 6.54 Å². The summed E-state index contributed by atoms with van der Waals surface area (Å²) < 4.78 is 0. The van der Waals surface area contributed by atoms with E-state index in [1.165, 1.54) is 19.4 Å². The highest BCUT2D eigenvalue weighted by Gasteiger charge is 2.43. The molecule has 1 nitrogen and oxygen atoms in total. The average Bonchev–Trinajstić information content (AvgIpc) is 2.75. The molecule has 2 aliphatic rings. The number of rotatable bonds is 2. The van der Waals surface area contributed by atoms with Crippen molar-refractivity contribution in [2.75, 3.05) is 20.6 Å². The van der Waals surface area contributed by atoms with Crippen molar-refractivity contribution >= 4 is 12.4 Å². The van der Waals surface area contributed by atoms with Crippen LogP contribution in [0.5, 0.6) is 0 Å². The lowest BCUT2D eigenvalue weighted by atomic mass is 9.83. The van der Waals surface area contributed by atoms with Gasteiger partial charge in [0.2, 0.25) is 0 Å². The van der Waals surface area contributed by atoms with Crippen LogP contribution in [0.3, 0.4) is 0 Å². The number of nitrogens with zero attached hydrogens (tertiary/aromatic N) is 1. The van der Waals surface area contributed by atoms with Gasteiger partial charge in [0.05, 0.1) is 0 Å². The number of halogens is 1. The summed E-state index contributed by atoms with van der Waals surface area (Å²) in [5.41, 5.74) is 3.30. The molecule has 3 unspecified atom stereocenters. The summed E-state index contributed by atoms with van der Waals surface area (Å²) in [6.07, 6.45) is 2.83. The van der Waals surface area contributed by atoms with Crippen molar-refractivity contribution in [2.45, 2.75) is 24.7 Å². The highest BCUT2D eigenvalue weighted by molar-refractivity contribution is 5.85. The molecule has 1 saturated carbocycles. The molecule has 2 bridgehead atoms. The molecule has 1 aromatic carbocycles. The Morgan fingerprint density at radius 2 is 1.81 bits per heavy atom. The van der Waals surface area contributed by atoms with Gasteiger partial charge in [0.1, 0.15) is 0 Å². The summed E-state index contributed by atoms with van der Waals surface area (Å²) in [4.78, 5) is 2.34. The van der Waals surface area contributed by atoms with E-state index in [1.807, 2.05) is 0 Å². The fourth-order valence-corrected chi connectivity index (χ4v) is 3.65. The highest BCUT2D eigenvalue weighted by Crippen LogP contribution is 2.55. The summed E-state index contributed by atoms with van der Waals surface area (Å²) in [6.45, 7) is 1.26. The van der Waals surface area contributed by atoms with E-state index in [0.29, 0.717) is 0 Å². The normalized spacial score (nSPS) is 30.3. The topological polar surface area (TPSA) is 3.24 Å². The molecule has 16 heavy (non-hydrogen) atoms. The summed E-state index contributed by atoms with van der Waals surface area (Å²) in [6, 6.07) is 9.08. The summed E-state index contributed by atoms with van der Waals surface area (Å²) in [7, 11) is 4.38. The first kappa shape index (κ1) is 11.9. The third-order valence-corrected chi connectivity index (χ3v) is 4.13. The van der Waals surface area contributed by atoms with Crippen molar-refractivity contribution in [2.24, 2.45) is 5.92 Å². The van der Waals surface area contributed by atoms with Crippen LogP contribution in [-0.4, -0.2) is 25.5 Å². The summed E-state index contributed by atoms with van der Waals surface area (Å²) in [5.74, 6) is 2.63. The Balaban J connectivity index is 0.000000963. The second-order valence-corrected chi connectivity index (χ2v) is 5.43. The predicted octanol–water partition coefficient (Wildman–Crippen LogP) is 3.26. The SMILES string of the molecule is CN(C)CC1CC2CC1c1ccccc12.Cl. The maximum absolute atomic E-state index is 2.35. The van der Waals surface area contributed by atoms with Gasteiger partial charge >= 0.3 is 0 Å². The standard InChI is InChI=1S/C14H19N.ClH/c1-15(2)9-11-7-10-8-14(11)13-6-4-3-5-12(10)13;/h3-6,10-11,14H,7-9H2,1-2H3;1H. The van der Waals surface area contributed by atoms with Gasteiger partial charge in [-0.05, 0) is 55.8 Å². The molecule has 3 rings (SSSR count). The molecule has 88 valence electrons. The molecule has 0 spiro atoms. The molecular formula is C14H20ClN. The molecule has 2 heteroatoms. The maximum Gasteiger partial charge on any atom is 0.000963 e. The summed E-state index contributed by atoms with van der Waals surface area (Å²) in [5, 5.41) is 0. The smallest absolute Gasteiger partial charge is 0.000963 e. The van der Waals surface area contributed by atoms with Crippen LogP contribution >= 0.6 is 12.4 Å². The van der Waals surface area contributed by atoms with Crippen molar-refractivity contribution < 1.29 is 0 Å².